The van der Waals surface area contributed by atoms with Crippen molar-refractivity contribution >= 4 is 9.84 Å². The van der Waals surface area contributed by atoms with Crippen molar-refractivity contribution in [2.45, 2.75) is 37.0 Å². The first-order valence-corrected chi connectivity index (χ1v) is 7.05. The van der Waals surface area contributed by atoms with Gasteiger partial charge >= 0.3 is 0 Å². The summed E-state index contributed by atoms with van der Waals surface area (Å²) in [5, 5.41) is 2.95. The molecule has 84 valence electrons. The number of nitrogens with two attached hydrogens (primary N) is 1. The van der Waals surface area contributed by atoms with Crippen LogP contribution in [0.1, 0.15) is 26.2 Å². The predicted molar refractivity (Wildman–Crippen MR) is 57.9 cm³/mol. The second kappa shape index (κ2) is 4.16. The molecule has 0 aromatic rings. The van der Waals surface area contributed by atoms with E-state index in [4.69, 9.17) is 5.73 Å². The molecule has 2 atom stereocenters. The second-order valence-electron chi connectivity index (χ2n) is 4.10. The summed E-state index contributed by atoms with van der Waals surface area (Å²) in [5.41, 5.74) is 5.34. The van der Waals surface area contributed by atoms with Crippen molar-refractivity contribution in [3.63, 3.8) is 0 Å². The lowest BCUT2D eigenvalue weighted by Gasteiger charge is -2.34. The Balaban J connectivity index is 2.94. The normalized spacial score (nSPS) is 33.5. The van der Waals surface area contributed by atoms with Gasteiger partial charge in [-0.3, -0.25) is 0 Å². The molecule has 0 heterocycles. The number of hydrogen-bond donors (Lipinski definition) is 2. The molecule has 1 saturated carbocycles. The minimum Gasteiger partial charge on any atom is -0.329 e. The van der Waals surface area contributed by atoms with Crippen LogP contribution in [0.3, 0.4) is 0 Å². The van der Waals surface area contributed by atoms with E-state index < -0.39 is 9.84 Å². The van der Waals surface area contributed by atoms with E-state index in [1.54, 1.807) is 0 Å². The summed E-state index contributed by atoms with van der Waals surface area (Å²) in [6, 6.07) is 0. The van der Waals surface area contributed by atoms with Gasteiger partial charge in [0.05, 0.1) is 5.25 Å². The van der Waals surface area contributed by atoms with Crippen molar-refractivity contribution in [3.05, 3.63) is 0 Å². The molecule has 1 fully saturated rings. The molecular weight excluding hydrogens is 200 g/mol. The molecule has 2 unspecified atom stereocenters. The highest BCUT2D eigenvalue weighted by atomic mass is 32.2. The van der Waals surface area contributed by atoms with Gasteiger partial charge in [-0.05, 0) is 19.4 Å². The van der Waals surface area contributed by atoms with E-state index in [1.165, 1.54) is 6.26 Å². The van der Waals surface area contributed by atoms with Crippen LogP contribution in [0.4, 0.5) is 0 Å². The number of likely N-dealkylation sites (N-methyl/N-ethyl adjacent to an activating group) is 1. The van der Waals surface area contributed by atoms with Gasteiger partial charge in [0.25, 0.3) is 0 Å². The minimum absolute atomic E-state index is 0.306. The Kier molecular flexibility index (Phi) is 3.55. The Morgan fingerprint density at radius 1 is 1.57 bits per heavy atom. The first-order chi connectivity index (χ1) is 6.46. The van der Waals surface area contributed by atoms with Crippen LogP contribution in [0.15, 0.2) is 0 Å². The van der Waals surface area contributed by atoms with Crippen molar-refractivity contribution < 1.29 is 8.42 Å². The highest BCUT2D eigenvalue weighted by molar-refractivity contribution is 7.91. The van der Waals surface area contributed by atoms with Gasteiger partial charge in [-0.2, -0.15) is 0 Å². The summed E-state index contributed by atoms with van der Waals surface area (Å²) in [6.45, 7) is 3.15. The van der Waals surface area contributed by atoms with Gasteiger partial charge in [0, 0.05) is 18.3 Å². The van der Waals surface area contributed by atoms with Gasteiger partial charge in [-0.15, -0.1) is 0 Å². The van der Waals surface area contributed by atoms with Crippen molar-refractivity contribution in [1.82, 2.24) is 5.32 Å². The summed E-state index contributed by atoms with van der Waals surface area (Å²) in [5.74, 6) is 0. The molecule has 0 aromatic carbocycles. The molecule has 4 nitrogen and oxygen atoms in total. The topological polar surface area (TPSA) is 72.2 Å². The van der Waals surface area contributed by atoms with Gasteiger partial charge in [0.1, 0.15) is 0 Å². The third-order valence-corrected chi connectivity index (χ3v) is 4.84. The van der Waals surface area contributed by atoms with Crippen LogP contribution < -0.4 is 11.1 Å². The summed E-state index contributed by atoms with van der Waals surface area (Å²) in [6.07, 6.45) is 3.87. The fraction of sp³-hybridized carbons (Fsp3) is 1.00. The maximum atomic E-state index is 11.6. The predicted octanol–water partition coefficient (Wildman–Crippen LogP) is -0.109. The second-order valence-corrected chi connectivity index (χ2v) is 6.33. The molecule has 0 saturated heterocycles. The highest BCUT2D eigenvalue weighted by Crippen LogP contribution is 2.33. The van der Waals surface area contributed by atoms with Crippen LogP contribution in [0.25, 0.3) is 0 Å². The Morgan fingerprint density at radius 3 is 2.64 bits per heavy atom. The van der Waals surface area contributed by atoms with Crippen molar-refractivity contribution in [3.8, 4) is 0 Å². The molecule has 1 rings (SSSR count). The van der Waals surface area contributed by atoms with E-state index in [2.05, 4.69) is 5.32 Å². The molecular formula is C9H20N2O2S. The molecule has 0 aromatic heterocycles. The molecule has 5 heteroatoms. The summed E-state index contributed by atoms with van der Waals surface area (Å²) in [4.78, 5) is 0. The van der Waals surface area contributed by atoms with Gasteiger partial charge in [-0.25, -0.2) is 8.42 Å². The van der Waals surface area contributed by atoms with Crippen LogP contribution in [0.2, 0.25) is 0 Å². The maximum absolute atomic E-state index is 11.6. The van der Waals surface area contributed by atoms with E-state index in [0.29, 0.717) is 6.54 Å². The summed E-state index contributed by atoms with van der Waals surface area (Å²) in [7, 11) is -2.99. The van der Waals surface area contributed by atoms with E-state index in [0.717, 1.165) is 25.8 Å². The Labute approximate surface area is 86.2 Å². The molecule has 0 amide bonds. The van der Waals surface area contributed by atoms with E-state index >= 15 is 0 Å². The van der Waals surface area contributed by atoms with E-state index in [9.17, 15) is 8.42 Å². The number of rotatable bonds is 4. The van der Waals surface area contributed by atoms with E-state index in [-0.39, 0.29) is 10.8 Å². The highest BCUT2D eigenvalue weighted by Gasteiger charge is 2.46. The fourth-order valence-electron chi connectivity index (χ4n) is 2.52. The Hall–Kier alpha value is -0.130. The largest absolute Gasteiger partial charge is 0.329 e. The lowest BCUT2D eigenvalue weighted by Crippen LogP contribution is -2.58. The summed E-state index contributed by atoms with van der Waals surface area (Å²) >= 11 is 0. The number of sulfone groups is 1. The molecule has 0 radical (unpaired) electrons. The minimum atomic E-state index is -2.99. The van der Waals surface area contributed by atoms with Gasteiger partial charge < -0.3 is 11.1 Å². The smallest absolute Gasteiger partial charge is 0.152 e. The first-order valence-electron chi connectivity index (χ1n) is 5.10. The molecule has 1 aliphatic rings. The molecule has 0 aliphatic heterocycles. The molecule has 14 heavy (non-hydrogen) atoms. The van der Waals surface area contributed by atoms with Gasteiger partial charge in [0.2, 0.25) is 0 Å². The van der Waals surface area contributed by atoms with E-state index in [1.807, 2.05) is 6.92 Å². The Bertz CT molecular complexity index is 289. The first kappa shape index (κ1) is 11.9. The SMILES string of the molecule is CCNC1(CN)CCCC1S(C)(=O)=O. The van der Waals surface area contributed by atoms with Crippen molar-refractivity contribution in [2.75, 3.05) is 19.3 Å². The average molecular weight is 220 g/mol. The molecule has 1 aliphatic carbocycles. The zero-order valence-corrected chi connectivity index (χ0v) is 9.73. The van der Waals surface area contributed by atoms with Gasteiger partial charge in [0.15, 0.2) is 9.84 Å². The number of hydrogen-bond acceptors (Lipinski definition) is 4. The fourth-order valence-corrected chi connectivity index (χ4v) is 4.24. The lowest BCUT2D eigenvalue weighted by atomic mass is 9.97. The third-order valence-electron chi connectivity index (χ3n) is 3.12. The number of nitrogens with one attached hydrogen (secondary N) is 1. The standard InChI is InChI=1S/C9H20N2O2S/c1-3-11-9(7-10)6-4-5-8(9)14(2,12)13/h8,11H,3-7,10H2,1-2H3. The molecule has 0 bridgehead atoms. The third kappa shape index (κ3) is 2.10. The monoisotopic (exact) mass is 220 g/mol. The van der Waals surface area contributed by atoms with Crippen LogP contribution in [-0.4, -0.2) is 38.6 Å². The molecule has 3 N–H and O–H groups in total. The quantitative estimate of drug-likeness (QED) is 0.693. The lowest BCUT2D eigenvalue weighted by molar-refractivity contribution is 0.349. The van der Waals surface area contributed by atoms with Crippen LogP contribution in [0, 0.1) is 0 Å². The van der Waals surface area contributed by atoms with Crippen LogP contribution in [-0.2, 0) is 9.84 Å². The maximum Gasteiger partial charge on any atom is 0.152 e. The zero-order chi connectivity index (χ0) is 10.8. The molecule has 0 spiro atoms. The van der Waals surface area contributed by atoms with Crippen LogP contribution in [0.5, 0.6) is 0 Å². The Morgan fingerprint density at radius 2 is 2.21 bits per heavy atom. The van der Waals surface area contributed by atoms with Crippen LogP contribution >= 0.6 is 0 Å². The van der Waals surface area contributed by atoms with Gasteiger partial charge in [-0.1, -0.05) is 13.3 Å². The van der Waals surface area contributed by atoms with Crippen molar-refractivity contribution in [2.24, 2.45) is 5.73 Å². The zero-order valence-electron chi connectivity index (χ0n) is 8.91. The average Bonchev–Trinajstić information content (AvgIpc) is 2.49. The summed E-state index contributed by atoms with van der Waals surface area (Å²) < 4.78 is 23.2. The van der Waals surface area contributed by atoms with Crippen molar-refractivity contribution in [1.29, 1.82) is 0 Å².